The summed E-state index contributed by atoms with van der Waals surface area (Å²) in [7, 11) is 0. The number of halogens is 3. The lowest BCUT2D eigenvalue weighted by Crippen LogP contribution is -2.40. The van der Waals surface area contributed by atoms with Gasteiger partial charge in [-0.25, -0.2) is 0 Å². The van der Waals surface area contributed by atoms with E-state index in [4.69, 9.17) is 9.47 Å². The molecule has 1 unspecified atom stereocenters. The highest BCUT2D eigenvalue weighted by Crippen LogP contribution is 2.31. The molecule has 2 aliphatic heterocycles. The molecule has 2 aliphatic rings. The van der Waals surface area contributed by atoms with E-state index in [0.29, 0.717) is 17.2 Å². The molecule has 0 aliphatic carbocycles. The van der Waals surface area contributed by atoms with Gasteiger partial charge in [-0.3, -0.25) is 0 Å². The van der Waals surface area contributed by atoms with Crippen LogP contribution in [0.4, 0.5) is 13.2 Å². The van der Waals surface area contributed by atoms with E-state index in [1.807, 2.05) is 6.07 Å². The van der Waals surface area contributed by atoms with Crippen molar-refractivity contribution in [2.75, 3.05) is 32.8 Å². The molecule has 0 radical (unpaired) electrons. The first-order chi connectivity index (χ1) is 13.0. The van der Waals surface area contributed by atoms with E-state index in [1.165, 1.54) is 10.8 Å². The van der Waals surface area contributed by atoms with Crippen molar-refractivity contribution in [3.05, 3.63) is 30.5 Å². The number of hydrogen-bond acceptors (Lipinski definition) is 3. The van der Waals surface area contributed by atoms with Gasteiger partial charge in [0.1, 0.15) is 18.4 Å². The number of likely N-dealkylation sites (tertiary alicyclic amines) is 1. The predicted molar refractivity (Wildman–Crippen MR) is 97.0 cm³/mol. The molecular formula is C20H25F3N2O2. The number of nitrogens with zero attached hydrogens (tertiary/aromatic N) is 2. The zero-order chi connectivity index (χ0) is 18.9. The van der Waals surface area contributed by atoms with Crippen LogP contribution in [0.2, 0.25) is 0 Å². The lowest BCUT2D eigenvalue weighted by Gasteiger charge is -2.33. The molecule has 1 atom stereocenters. The van der Waals surface area contributed by atoms with Gasteiger partial charge in [0.15, 0.2) is 0 Å². The average molecular weight is 382 g/mol. The highest BCUT2D eigenvalue weighted by molar-refractivity contribution is 5.86. The summed E-state index contributed by atoms with van der Waals surface area (Å²) in [5, 5.41) is 0.743. The molecule has 3 heterocycles. The molecule has 0 saturated carbocycles. The van der Waals surface area contributed by atoms with Crippen molar-refractivity contribution in [1.82, 2.24) is 9.47 Å². The molecular weight excluding hydrogens is 357 g/mol. The van der Waals surface area contributed by atoms with Crippen LogP contribution in [0.5, 0.6) is 5.75 Å². The third-order valence-electron chi connectivity index (χ3n) is 5.49. The molecule has 2 aromatic rings. The maximum absolute atomic E-state index is 12.7. The second-order valence-corrected chi connectivity index (χ2v) is 7.60. The number of hydrogen-bond donors (Lipinski definition) is 0. The quantitative estimate of drug-likeness (QED) is 0.780. The van der Waals surface area contributed by atoms with Crippen LogP contribution in [0.15, 0.2) is 30.5 Å². The van der Waals surface area contributed by atoms with Gasteiger partial charge < -0.3 is 18.9 Å². The fourth-order valence-corrected chi connectivity index (χ4v) is 4.11. The second kappa shape index (κ2) is 7.72. The van der Waals surface area contributed by atoms with E-state index >= 15 is 0 Å². The smallest absolute Gasteiger partial charge is 0.406 e. The molecule has 2 fully saturated rings. The molecule has 7 heteroatoms. The van der Waals surface area contributed by atoms with E-state index in [1.54, 1.807) is 18.2 Å². The van der Waals surface area contributed by atoms with Crippen LogP contribution in [0.1, 0.15) is 19.3 Å². The van der Waals surface area contributed by atoms with Gasteiger partial charge in [0, 0.05) is 37.8 Å². The summed E-state index contributed by atoms with van der Waals surface area (Å²) >= 11 is 0. The molecule has 0 amide bonds. The van der Waals surface area contributed by atoms with Crippen molar-refractivity contribution < 1.29 is 22.6 Å². The van der Waals surface area contributed by atoms with Crippen LogP contribution in [0, 0.1) is 5.92 Å². The molecule has 27 heavy (non-hydrogen) atoms. The Kier molecular flexibility index (Phi) is 5.32. The summed E-state index contributed by atoms with van der Waals surface area (Å²) in [5.74, 6) is 1.32. The van der Waals surface area contributed by atoms with Gasteiger partial charge in [0.25, 0.3) is 0 Å². The lowest BCUT2D eigenvalue weighted by molar-refractivity contribution is -0.139. The lowest BCUT2D eigenvalue weighted by atomic mass is 10.0. The van der Waals surface area contributed by atoms with E-state index in [9.17, 15) is 13.2 Å². The number of aromatic nitrogens is 1. The third-order valence-corrected chi connectivity index (χ3v) is 5.49. The summed E-state index contributed by atoms with van der Waals surface area (Å²) in [6.07, 6.45) is 0.378. The SMILES string of the molecule is FC(F)(F)Cn1ccc2c(OC3CCN(CC4CCOC4)CC3)cccc21. The van der Waals surface area contributed by atoms with Gasteiger partial charge in [-0.1, -0.05) is 6.07 Å². The summed E-state index contributed by atoms with van der Waals surface area (Å²) in [4.78, 5) is 2.47. The molecule has 2 saturated heterocycles. The molecule has 4 rings (SSSR count). The average Bonchev–Trinajstić information content (AvgIpc) is 3.26. The number of fused-ring (bicyclic) bond motifs is 1. The van der Waals surface area contributed by atoms with Crippen molar-refractivity contribution in [3.8, 4) is 5.75 Å². The van der Waals surface area contributed by atoms with E-state index < -0.39 is 12.7 Å². The minimum atomic E-state index is -4.24. The predicted octanol–water partition coefficient (Wildman–Crippen LogP) is 4.08. The Labute approximate surface area is 156 Å². The van der Waals surface area contributed by atoms with Crippen molar-refractivity contribution in [2.45, 2.75) is 38.1 Å². The minimum absolute atomic E-state index is 0.109. The van der Waals surface area contributed by atoms with Crippen LogP contribution in [-0.2, 0) is 11.3 Å². The van der Waals surface area contributed by atoms with Gasteiger partial charge in [-0.15, -0.1) is 0 Å². The first kappa shape index (κ1) is 18.6. The highest BCUT2D eigenvalue weighted by Gasteiger charge is 2.29. The zero-order valence-electron chi connectivity index (χ0n) is 15.3. The molecule has 0 spiro atoms. The van der Waals surface area contributed by atoms with Crippen LogP contribution in [0.25, 0.3) is 10.9 Å². The maximum Gasteiger partial charge on any atom is 0.406 e. The number of piperidine rings is 1. The monoisotopic (exact) mass is 382 g/mol. The minimum Gasteiger partial charge on any atom is -0.490 e. The number of alkyl halides is 3. The number of ether oxygens (including phenoxy) is 2. The molecule has 0 N–H and O–H groups in total. The summed E-state index contributed by atoms with van der Waals surface area (Å²) < 4.78 is 51.1. The fraction of sp³-hybridized carbons (Fsp3) is 0.600. The zero-order valence-corrected chi connectivity index (χ0v) is 15.3. The standard InChI is InChI=1S/C20H25F3N2O2/c21-20(22,23)14-25-10-6-17-18(25)2-1-3-19(17)27-16-4-8-24(9-5-16)12-15-7-11-26-13-15/h1-3,6,10,15-16H,4-5,7-9,11-14H2. The van der Waals surface area contributed by atoms with Gasteiger partial charge in [-0.05, 0) is 43.4 Å². The van der Waals surface area contributed by atoms with E-state index in [-0.39, 0.29) is 6.10 Å². The normalized spacial score (nSPS) is 22.6. The Morgan fingerprint density at radius 3 is 2.63 bits per heavy atom. The van der Waals surface area contributed by atoms with Crippen LogP contribution in [-0.4, -0.2) is 54.6 Å². The molecule has 1 aromatic heterocycles. The van der Waals surface area contributed by atoms with E-state index in [0.717, 1.165) is 57.5 Å². The van der Waals surface area contributed by atoms with Crippen molar-refractivity contribution in [3.63, 3.8) is 0 Å². The fourth-order valence-electron chi connectivity index (χ4n) is 4.11. The molecule has 0 bridgehead atoms. The topological polar surface area (TPSA) is 26.6 Å². The van der Waals surface area contributed by atoms with Crippen LogP contribution < -0.4 is 4.74 Å². The summed E-state index contributed by atoms with van der Waals surface area (Å²) in [6, 6.07) is 7.04. The van der Waals surface area contributed by atoms with Crippen LogP contribution in [0.3, 0.4) is 0 Å². The Hall–Kier alpha value is -1.73. The van der Waals surface area contributed by atoms with Gasteiger partial charge in [-0.2, -0.15) is 13.2 Å². The van der Waals surface area contributed by atoms with E-state index in [2.05, 4.69) is 4.90 Å². The van der Waals surface area contributed by atoms with Gasteiger partial charge in [0.2, 0.25) is 0 Å². The summed E-state index contributed by atoms with van der Waals surface area (Å²) in [5.41, 5.74) is 0.559. The van der Waals surface area contributed by atoms with Gasteiger partial charge in [0.05, 0.1) is 12.1 Å². The Morgan fingerprint density at radius 1 is 1.11 bits per heavy atom. The number of rotatable bonds is 5. The number of benzene rings is 1. The Balaban J connectivity index is 1.38. The van der Waals surface area contributed by atoms with Crippen molar-refractivity contribution >= 4 is 10.9 Å². The Bertz CT molecular complexity index is 760. The first-order valence-electron chi connectivity index (χ1n) is 9.59. The van der Waals surface area contributed by atoms with Crippen molar-refractivity contribution in [1.29, 1.82) is 0 Å². The maximum atomic E-state index is 12.7. The molecule has 148 valence electrons. The highest BCUT2D eigenvalue weighted by atomic mass is 19.4. The first-order valence-corrected chi connectivity index (χ1v) is 9.59. The van der Waals surface area contributed by atoms with Crippen LogP contribution >= 0.6 is 0 Å². The second-order valence-electron chi connectivity index (χ2n) is 7.60. The van der Waals surface area contributed by atoms with Gasteiger partial charge >= 0.3 is 6.18 Å². The molecule has 4 nitrogen and oxygen atoms in total. The largest absolute Gasteiger partial charge is 0.490 e. The third kappa shape index (κ3) is 4.58. The Morgan fingerprint density at radius 2 is 1.93 bits per heavy atom. The van der Waals surface area contributed by atoms with Crippen molar-refractivity contribution in [2.24, 2.45) is 5.92 Å². The molecule has 1 aromatic carbocycles. The summed E-state index contributed by atoms with van der Waals surface area (Å²) in [6.45, 7) is 3.83.